The first-order chi connectivity index (χ1) is 16.9. The first kappa shape index (κ1) is 21.8. The predicted molar refractivity (Wildman–Crippen MR) is 151 cm³/mol. The van der Waals surface area contributed by atoms with Gasteiger partial charge in [-0.25, -0.2) is 4.57 Å². The minimum Gasteiger partial charge on any atom is -0.455 e. The quantitative estimate of drug-likeness (QED) is 0.208. The Hall–Kier alpha value is -3.69. The number of fused-ring (bicyclic) bond motifs is 4. The third kappa shape index (κ3) is 3.34. The average Bonchev–Trinajstić information content (AvgIpc) is 3.23. The summed E-state index contributed by atoms with van der Waals surface area (Å²) in [6.07, 6.45) is 2.19. The van der Waals surface area contributed by atoms with Crippen molar-refractivity contribution in [1.82, 2.24) is 0 Å². The van der Waals surface area contributed by atoms with E-state index in [4.69, 9.17) is 4.42 Å². The number of hydrogen-bond acceptors (Lipinski definition) is 1. The van der Waals surface area contributed by atoms with E-state index in [-0.39, 0.29) is 0 Å². The third-order valence-corrected chi connectivity index (χ3v) is 11.3. The molecule has 0 amide bonds. The van der Waals surface area contributed by atoms with E-state index in [9.17, 15) is 0 Å². The summed E-state index contributed by atoms with van der Waals surface area (Å²) in [5.41, 5.74) is 6.86. The zero-order valence-corrected chi connectivity index (χ0v) is 22.0. The minimum absolute atomic E-state index is 0.939. The molecule has 0 aliphatic carbocycles. The van der Waals surface area contributed by atoms with E-state index in [0.717, 1.165) is 11.2 Å². The standard InChI is InChI=1S/C32H30NOSi/c1-21-19-28-27-13-9-10-14-29(27)34-32(28)30(22(21)2)31-26-16-15-25(20-23(26)17-18-33(31)3)35(4,5)24-11-7-6-8-12-24/h6-20H,1-5H3/q+1. The fourth-order valence-corrected chi connectivity index (χ4v) is 7.84. The number of aryl methyl sites for hydroxylation is 2. The van der Waals surface area contributed by atoms with Gasteiger partial charge in [0.05, 0.1) is 10.9 Å². The van der Waals surface area contributed by atoms with E-state index in [1.54, 1.807) is 0 Å². The number of nitrogens with zero attached hydrogens (tertiary/aromatic N) is 1. The van der Waals surface area contributed by atoms with Gasteiger partial charge in [0, 0.05) is 16.8 Å². The van der Waals surface area contributed by atoms with Crippen molar-refractivity contribution in [3.63, 3.8) is 0 Å². The summed E-state index contributed by atoms with van der Waals surface area (Å²) < 4.78 is 8.75. The van der Waals surface area contributed by atoms with Gasteiger partial charge in [0.25, 0.3) is 0 Å². The molecule has 0 aliphatic rings. The van der Waals surface area contributed by atoms with Gasteiger partial charge in [-0.2, -0.15) is 0 Å². The van der Waals surface area contributed by atoms with Crippen LogP contribution in [0.1, 0.15) is 11.1 Å². The van der Waals surface area contributed by atoms with Crippen LogP contribution in [0.2, 0.25) is 13.1 Å². The summed E-state index contributed by atoms with van der Waals surface area (Å²) in [5.74, 6) is 0. The molecule has 0 saturated heterocycles. The van der Waals surface area contributed by atoms with E-state index < -0.39 is 8.07 Å². The van der Waals surface area contributed by atoms with Gasteiger partial charge in [0.1, 0.15) is 26.3 Å². The van der Waals surface area contributed by atoms with Crippen LogP contribution in [0.3, 0.4) is 0 Å². The van der Waals surface area contributed by atoms with Crippen LogP contribution in [0.4, 0.5) is 0 Å². The van der Waals surface area contributed by atoms with Gasteiger partial charge in [0.2, 0.25) is 5.69 Å². The lowest BCUT2D eigenvalue weighted by atomic mass is 9.94. The molecule has 0 radical (unpaired) electrons. The lowest BCUT2D eigenvalue weighted by Crippen LogP contribution is -2.52. The lowest BCUT2D eigenvalue weighted by Gasteiger charge is -2.24. The number of aromatic nitrogens is 1. The zero-order chi connectivity index (χ0) is 24.3. The van der Waals surface area contributed by atoms with Crippen molar-refractivity contribution in [3.8, 4) is 11.3 Å². The molecule has 2 nitrogen and oxygen atoms in total. The molecular formula is C32H30NOSi+. The smallest absolute Gasteiger partial charge is 0.224 e. The second kappa shape index (κ2) is 7.93. The van der Waals surface area contributed by atoms with Gasteiger partial charge in [-0.1, -0.05) is 84.1 Å². The molecule has 3 heteroatoms. The number of pyridine rings is 1. The van der Waals surface area contributed by atoms with E-state index in [2.05, 4.69) is 124 Å². The number of benzene rings is 4. The van der Waals surface area contributed by atoms with Crippen molar-refractivity contribution in [1.29, 1.82) is 0 Å². The number of furan rings is 1. The van der Waals surface area contributed by atoms with Crippen molar-refractivity contribution in [2.75, 3.05) is 0 Å². The van der Waals surface area contributed by atoms with Crippen molar-refractivity contribution in [2.24, 2.45) is 7.05 Å². The minimum atomic E-state index is -1.79. The molecule has 0 saturated carbocycles. The normalized spacial score (nSPS) is 12.1. The molecule has 35 heavy (non-hydrogen) atoms. The van der Waals surface area contributed by atoms with E-state index in [0.29, 0.717) is 0 Å². The molecule has 0 aliphatic heterocycles. The monoisotopic (exact) mass is 472 g/mol. The summed E-state index contributed by atoms with van der Waals surface area (Å²) >= 11 is 0. The second-order valence-electron chi connectivity index (χ2n) is 10.2. The molecule has 172 valence electrons. The molecule has 0 spiro atoms. The topological polar surface area (TPSA) is 17.0 Å². The van der Waals surface area contributed by atoms with Crippen molar-refractivity contribution < 1.29 is 8.98 Å². The highest BCUT2D eigenvalue weighted by molar-refractivity contribution is 7.00. The van der Waals surface area contributed by atoms with Crippen molar-refractivity contribution in [3.05, 3.63) is 102 Å². The zero-order valence-electron chi connectivity index (χ0n) is 21.0. The fraction of sp³-hybridized carbons (Fsp3) is 0.156. The Morgan fingerprint density at radius 1 is 0.714 bits per heavy atom. The Bertz CT molecular complexity index is 1750. The second-order valence-corrected chi connectivity index (χ2v) is 14.6. The van der Waals surface area contributed by atoms with E-state index in [1.807, 2.05) is 6.07 Å². The predicted octanol–water partition coefficient (Wildman–Crippen LogP) is 6.67. The molecule has 2 heterocycles. The molecule has 0 N–H and O–H groups in total. The first-order valence-corrected chi connectivity index (χ1v) is 15.3. The largest absolute Gasteiger partial charge is 0.455 e. The Balaban J connectivity index is 1.64. The fourth-order valence-electron chi connectivity index (χ4n) is 5.47. The van der Waals surface area contributed by atoms with Crippen molar-refractivity contribution in [2.45, 2.75) is 26.9 Å². The molecule has 4 aromatic carbocycles. The average molecular weight is 473 g/mol. The van der Waals surface area contributed by atoms with Gasteiger partial charge in [-0.3, -0.25) is 0 Å². The maximum Gasteiger partial charge on any atom is 0.224 e. The summed E-state index contributed by atoms with van der Waals surface area (Å²) in [7, 11) is 0.346. The lowest BCUT2D eigenvalue weighted by molar-refractivity contribution is -0.659. The summed E-state index contributed by atoms with van der Waals surface area (Å²) in [5, 5.41) is 7.80. The maximum atomic E-state index is 6.51. The SMILES string of the molecule is Cc1cc2c(oc3ccccc32)c(-c2c3ccc([Si](C)(C)c4ccccc4)cc3cc[n+]2C)c1C. The Morgan fingerprint density at radius 2 is 1.46 bits per heavy atom. The maximum absolute atomic E-state index is 6.51. The van der Waals surface area contributed by atoms with Crippen molar-refractivity contribution >= 4 is 51.2 Å². The number of para-hydroxylation sites is 1. The molecule has 0 unspecified atom stereocenters. The highest BCUT2D eigenvalue weighted by atomic mass is 28.3. The van der Waals surface area contributed by atoms with Crippen LogP contribution < -0.4 is 14.9 Å². The van der Waals surface area contributed by atoms with Crippen LogP contribution in [0, 0.1) is 13.8 Å². The Labute approximate surface area is 207 Å². The molecule has 0 atom stereocenters. The number of rotatable bonds is 3. The molecular weight excluding hydrogens is 442 g/mol. The highest BCUT2D eigenvalue weighted by Crippen LogP contribution is 2.40. The van der Waals surface area contributed by atoms with Gasteiger partial charge in [-0.05, 0) is 48.6 Å². The summed E-state index contributed by atoms with van der Waals surface area (Å²) in [6.45, 7) is 9.30. The van der Waals surface area contributed by atoms with Crippen LogP contribution in [0.15, 0.2) is 95.5 Å². The molecule has 6 aromatic rings. The van der Waals surface area contributed by atoms with Crippen LogP contribution in [-0.4, -0.2) is 8.07 Å². The summed E-state index contributed by atoms with van der Waals surface area (Å²) in [4.78, 5) is 0. The van der Waals surface area contributed by atoms with Gasteiger partial charge in [-0.15, -0.1) is 0 Å². The Kier molecular flexibility index (Phi) is 4.94. The van der Waals surface area contributed by atoms with Gasteiger partial charge >= 0.3 is 0 Å². The number of hydrogen-bond donors (Lipinski definition) is 0. The Morgan fingerprint density at radius 3 is 2.26 bits per heavy atom. The van der Waals surface area contributed by atoms with E-state index in [1.165, 1.54) is 54.3 Å². The molecule has 2 aromatic heterocycles. The first-order valence-electron chi connectivity index (χ1n) is 12.3. The molecule has 0 bridgehead atoms. The summed E-state index contributed by atoms with van der Waals surface area (Å²) in [6, 6.07) is 30.9. The van der Waals surface area contributed by atoms with Gasteiger partial charge in [0.15, 0.2) is 6.20 Å². The molecule has 6 rings (SSSR count). The van der Waals surface area contributed by atoms with Crippen LogP contribution in [0.25, 0.3) is 44.0 Å². The third-order valence-electron chi connectivity index (χ3n) is 7.78. The van der Waals surface area contributed by atoms with E-state index >= 15 is 0 Å². The van der Waals surface area contributed by atoms with Crippen LogP contribution in [0.5, 0.6) is 0 Å². The van der Waals surface area contributed by atoms with Gasteiger partial charge < -0.3 is 4.42 Å². The van der Waals surface area contributed by atoms with Crippen LogP contribution in [-0.2, 0) is 7.05 Å². The van der Waals surface area contributed by atoms with Crippen LogP contribution >= 0.6 is 0 Å². The molecule has 0 fully saturated rings. The highest BCUT2D eigenvalue weighted by Gasteiger charge is 2.28.